The number of piperidine rings is 1. The number of ether oxygens (including phenoxy) is 2. The number of likely N-dealkylation sites (tertiary alicyclic amines) is 1. The van der Waals surface area contributed by atoms with Gasteiger partial charge in [0.25, 0.3) is 0 Å². The van der Waals surface area contributed by atoms with E-state index in [1.165, 1.54) is 11.4 Å². The molecule has 160 valence electrons. The first-order valence-corrected chi connectivity index (χ1v) is 10.4. The lowest BCUT2D eigenvalue weighted by Gasteiger charge is -2.32. The molecule has 1 fully saturated rings. The Morgan fingerprint density at radius 1 is 1.17 bits per heavy atom. The van der Waals surface area contributed by atoms with E-state index in [0.29, 0.717) is 19.1 Å². The highest BCUT2D eigenvalue weighted by Gasteiger charge is 2.27. The highest BCUT2D eigenvalue weighted by atomic mass is 35.5. The van der Waals surface area contributed by atoms with Gasteiger partial charge in [0, 0.05) is 37.7 Å². The molecule has 1 N–H and O–H groups in total. The van der Waals surface area contributed by atoms with Gasteiger partial charge in [-0.2, -0.15) is 0 Å². The van der Waals surface area contributed by atoms with Gasteiger partial charge in [0.2, 0.25) is 0 Å². The molecule has 3 heterocycles. The van der Waals surface area contributed by atoms with E-state index in [1.54, 1.807) is 7.11 Å². The van der Waals surface area contributed by atoms with E-state index >= 15 is 0 Å². The lowest BCUT2D eigenvalue weighted by Crippen LogP contribution is -2.34. The Bertz CT molecular complexity index is 789. The van der Waals surface area contributed by atoms with Gasteiger partial charge in [-0.25, -0.2) is 0 Å². The van der Waals surface area contributed by atoms with Crippen molar-refractivity contribution < 1.29 is 9.47 Å². The summed E-state index contributed by atoms with van der Waals surface area (Å²) in [5.74, 6) is 3.71. The highest BCUT2D eigenvalue weighted by Crippen LogP contribution is 2.29. The van der Waals surface area contributed by atoms with Gasteiger partial charge in [0.15, 0.2) is 0 Å². The van der Waals surface area contributed by atoms with E-state index in [0.717, 1.165) is 69.2 Å². The van der Waals surface area contributed by atoms with Crippen LogP contribution in [0.2, 0.25) is 0 Å². The molecule has 2 aliphatic rings. The fourth-order valence-corrected chi connectivity index (χ4v) is 4.28. The van der Waals surface area contributed by atoms with Gasteiger partial charge in [-0.1, -0.05) is 6.07 Å². The van der Waals surface area contributed by atoms with Crippen LogP contribution in [0.1, 0.15) is 48.5 Å². The van der Waals surface area contributed by atoms with E-state index in [-0.39, 0.29) is 12.4 Å². The number of benzene rings is 1. The van der Waals surface area contributed by atoms with Crippen LogP contribution in [-0.4, -0.2) is 53.0 Å². The van der Waals surface area contributed by atoms with Crippen LogP contribution in [0.4, 0.5) is 0 Å². The molecule has 4 rings (SSSR count). The van der Waals surface area contributed by atoms with Crippen molar-refractivity contribution in [2.75, 3.05) is 33.4 Å². The molecule has 0 spiro atoms. The zero-order valence-corrected chi connectivity index (χ0v) is 18.2. The molecule has 2 aliphatic heterocycles. The second kappa shape index (κ2) is 10.4. The van der Waals surface area contributed by atoms with Gasteiger partial charge >= 0.3 is 0 Å². The summed E-state index contributed by atoms with van der Waals surface area (Å²) in [7, 11) is 1.72. The Hall–Kier alpha value is -1.67. The van der Waals surface area contributed by atoms with E-state index in [2.05, 4.69) is 43.2 Å². The Balaban J connectivity index is 0.00000240. The molecule has 0 unspecified atom stereocenters. The molecule has 0 amide bonds. The van der Waals surface area contributed by atoms with E-state index in [4.69, 9.17) is 9.47 Å². The van der Waals surface area contributed by atoms with Crippen molar-refractivity contribution >= 4 is 12.4 Å². The zero-order chi connectivity index (χ0) is 19.3. The SMILES string of the molecule is CCOCc1cc(CN2CCC(c3nnc4n3CCNC4)CC2)ccc1OC.Cl. The molecule has 2 aromatic rings. The summed E-state index contributed by atoms with van der Waals surface area (Å²) in [6.07, 6.45) is 2.29. The molecule has 8 heteroatoms. The normalized spacial score (nSPS) is 17.6. The van der Waals surface area contributed by atoms with Crippen LogP contribution in [0.3, 0.4) is 0 Å². The van der Waals surface area contributed by atoms with Crippen molar-refractivity contribution in [3.63, 3.8) is 0 Å². The predicted molar refractivity (Wildman–Crippen MR) is 115 cm³/mol. The van der Waals surface area contributed by atoms with Crippen molar-refractivity contribution in [1.29, 1.82) is 0 Å². The van der Waals surface area contributed by atoms with E-state index in [1.807, 2.05) is 6.92 Å². The number of hydrogen-bond acceptors (Lipinski definition) is 6. The van der Waals surface area contributed by atoms with Crippen molar-refractivity contribution in [1.82, 2.24) is 25.0 Å². The maximum absolute atomic E-state index is 5.59. The van der Waals surface area contributed by atoms with Crippen LogP contribution in [-0.2, 0) is 31.0 Å². The van der Waals surface area contributed by atoms with Gasteiger partial charge in [0.1, 0.15) is 17.4 Å². The molecule has 29 heavy (non-hydrogen) atoms. The number of hydrogen-bond donors (Lipinski definition) is 1. The lowest BCUT2D eigenvalue weighted by atomic mass is 9.95. The fraction of sp³-hybridized carbons (Fsp3) is 0.619. The standard InChI is InChI=1S/C21H31N5O2.ClH/c1-3-28-15-18-12-16(4-5-19(18)27-2)14-25-9-6-17(7-10-25)21-24-23-20-13-22-8-11-26(20)21;/h4-5,12,17,22H,3,6-11,13-15H2,1-2H3;1H. The third kappa shape index (κ3) is 5.09. The number of aromatic nitrogens is 3. The zero-order valence-electron chi connectivity index (χ0n) is 17.4. The molecule has 1 saturated heterocycles. The monoisotopic (exact) mass is 421 g/mol. The Labute approximate surface area is 179 Å². The summed E-state index contributed by atoms with van der Waals surface area (Å²) in [6.45, 7) is 9.33. The maximum Gasteiger partial charge on any atom is 0.147 e. The molecule has 0 saturated carbocycles. The smallest absolute Gasteiger partial charge is 0.147 e. The summed E-state index contributed by atoms with van der Waals surface area (Å²) < 4.78 is 13.4. The molecule has 0 bridgehead atoms. The third-order valence-corrected chi connectivity index (χ3v) is 5.82. The Morgan fingerprint density at radius 2 is 2.00 bits per heavy atom. The molecule has 1 aromatic heterocycles. The summed E-state index contributed by atoms with van der Waals surface area (Å²) in [5.41, 5.74) is 2.44. The molecule has 0 radical (unpaired) electrons. The van der Waals surface area contributed by atoms with Crippen LogP contribution in [0.25, 0.3) is 0 Å². The maximum atomic E-state index is 5.59. The number of rotatable bonds is 7. The van der Waals surface area contributed by atoms with Gasteiger partial charge in [-0.3, -0.25) is 4.90 Å². The average Bonchev–Trinajstić information content (AvgIpc) is 3.17. The van der Waals surface area contributed by atoms with Crippen molar-refractivity contribution in [2.45, 2.75) is 51.9 Å². The minimum absolute atomic E-state index is 0. The van der Waals surface area contributed by atoms with Crippen molar-refractivity contribution in [3.05, 3.63) is 41.0 Å². The van der Waals surface area contributed by atoms with Crippen LogP contribution < -0.4 is 10.1 Å². The first-order chi connectivity index (χ1) is 13.8. The first kappa shape index (κ1) is 22.0. The van der Waals surface area contributed by atoms with Gasteiger partial charge in [-0.05, 0) is 50.6 Å². The van der Waals surface area contributed by atoms with Crippen LogP contribution in [0.15, 0.2) is 18.2 Å². The molecule has 7 nitrogen and oxygen atoms in total. The number of nitrogens with zero attached hydrogens (tertiary/aromatic N) is 4. The Kier molecular flexibility index (Phi) is 7.89. The largest absolute Gasteiger partial charge is 0.496 e. The minimum atomic E-state index is 0. The second-order valence-corrected chi connectivity index (χ2v) is 7.64. The van der Waals surface area contributed by atoms with Crippen LogP contribution >= 0.6 is 12.4 Å². The molecule has 0 aliphatic carbocycles. The highest BCUT2D eigenvalue weighted by molar-refractivity contribution is 5.85. The molecular formula is C21H32ClN5O2. The van der Waals surface area contributed by atoms with Crippen LogP contribution in [0, 0.1) is 0 Å². The third-order valence-electron chi connectivity index (χ3n) is 5.82. The number of fused-ring (bicyclic) bond motifs is 1. The average molecular weight is 422 g/mol. The summed E-state index contributed by atoms with van der Waals surface area (Å²) in [4.78, 5) is 2.54. The number of halogens is 1. The molecule has 1 aromatic carbocycles. The Morgan fingerprint density at radius 3 is 2.76 bits per heavy atom. The number of methoxy groups -OCH3 is 1. The van der Waals surface area contributed by atoms with Crippen LogP contribution in [0.5, 0.6) is 5.75 Å². The molecule has 0 atom stereocenters. The summed E-state index contributed by atoms with van der Waals surface area (Å²) in [6, 6.07) is 6.46. The minimum Gasteiger partial charge on any atom is -0.496 e. The molecular weight excluding hydrogens is 390 g/mol. The van der Waals surface area contributed by atoms with Crippen molar-refractivity contribution in [3.8, 4) is 5.75 Å². The van der Waals surface area contributed by atoms with Gasteiger partial charge in [-0.15, -0.1) is 22.6 Å². The van der Waals surface area contributed by atoms with Crippen molar-refractivity contribution in [2.24, 2.45) is 0 Å². The number of nitrogens with one attached hydrogen (secondary N) is 1. The summed E-state index contributed by atoms with van der Waals surface area (Å²) >= 11 is 0. The topological polar surface area (TPSA) is 64.4 Å². The van der Waals surface area contributed by atoms with Gasteiger partial charge < -0.3 is 19.4 Å². The predicted octanol–water partition coefficient (Wildman–Crippen LogP) is 2.73. The first-order valence-electron chi connectivity index (χ1n) is 10.4. The van der Waals surface area contributed by atoms with Gasteiger partial charge in [0.05, 0.1) is 20.3 Å². The summed E-state index contributed by atoms with van der Waals surface area (Å²) in [5, 5.41) is 12.3. The lowest BCUT2D eigenvalue weighted by molar-refractivity contribution is 0.131. The van der Waals surface area contributed by atoms with E-state index < -0.39 is 0 Å². The fourth-order valence-electron chi connectivity index (χ4n) is 4.28. The second-order valence-electron chi connectivity index (χ2n) is 7.64. The quantitative estimate of drug-likeness (QED) is 0.741. The van der Waals surface area contributed by atoms with E-state index in [9.17, 15) is 0 Å².